The normalized spacial score (nSPS) is 10.5. The van der Waals surface area contributed by atoms with E-state index < -0.39 is 11.8 Å². The second kappa shape index (κ2) is 7.86. The number of anilines is 1. The average molecular weight is 425 g/mol. The van der Waals surface area contributed by atoms with E-state index in [4.69, 9.17) is 0 Å². The van der Waals surface area contributed by atoms with E-state index in [9.17, 15) is 9.59 Å². The lowest BCUT2D eigenvalue weighted by molar-refractivity contribution is -0.136. The van der Waals surface area contributed by atoms with Gasteiger partial charge in [-0.2, -0.15) is 5.10 Å². The van der Waals surface area contributed by atoms with Crippen molar-refractivity contribution in [2.75, 3.05) is 5.32 Å². The molecule has 0 aliphatic rings. The summed E-state index contributed by atoms with van der Waals surface area (Å²) in [6, 6.07) is 14.3. The summed E-state index contributed by atoms with van der Waals surface area (Å²) in [5.74, 6) is -1.63. The van der Waals surface area contributed by atoms with Crippen LogP contribution in [0.25, 0.3) is 0 Å². The fraction of sp³-hybridized carbons (Fsp3) is 0. The number of halogens is 2. The Morgan fingerprint density at radius 2 is 1.64 bits per heavy atom. The van der Waals surface area contributed by atoms with Gasteiger partial charge in [0.25, 0.3) is 0 Å². The van der Waals surface area contributed by atoms with Crippen LogP contribution in [0, 0.1) is 0 Å². The van der Waals surface area contributed by atoms with Gasteiger partial charge in [0.05, 0.1) is 6.21 Å². The van der Waals surface area contributed by atoms with Gasteiger partial charge in [-0.1, -0.05) is 50.1 Å². The Labute approximate surface area is 144 Å². The molecule has 7 heteroatoms. The van der Waals surface area contributed by atoms with Crippen LogP contribution in [-0.2, 0) is 9.59 Å². The molecule has 0 atom stereocenters. The van der Waals surface area contributed by atoms with Crippen molar-refractivity contribution in [1.29, 1.82) is 0 Å². The number of rotatable bonds is 3. The van der Waals surface area contributed by atoms with Crippen molar-refractivity contribution in [3.05, 3.63) is 63.0 Å². The minimum atomic E-state index is -0.841. The van der Waals surface area contributed by atoms with Crippen LogP contribution in [0.3, 0.4) is 0 Å². The number of benzene rings is 2. The molecule has 2 N–H and O–H groups in total. The summed E-state index contributed by atoms with van der Waals surface area (Å²) in [5, 5.41) is 6.23. The maximum absolute atomic E-state index is 11.7. The molecular formula is C15H11Br2N3O2. The maximum Gasteiger partial charge on any atom is 0.329 e. The molecule has 2 aromatic rings. The third kappa shape index (κ3) is 5.09. The second-order valence-corrected chi connectivity index (χ2v) is 6.05. The monoisotopic (exact) mass is 423 g/mol. The summed E-state index contributed by atoms with van der Waals surface area (Å²) in [5.41, 5.74) is 3.49. The lowest BCUT2D eigenvalue weighted by atomic mass is 10.2. The molecule has 0 heterocycles. The Balaban J connectivity index is 1.90. The largest absolute Gasteiger partial charge is 0.329 e. The second-order valence-electron chi connectivity index (χ2n) is 4.22. The first kappa shape index (κ1) is 16.4. The number of hydrogen-bond acceptors (Lipinski definition) is 3. The molecule has 2 rings (SSSR count). The van der Waals surface area contributed by atoms with Gasteiger partial charge in [-0.25, -0.2) is 5.43 Å². The standard InChI is InChI=1S/C15H11Br2N3O2/c16-11-4-1-3-10(7-11)9-18-20-15(22)14(21)19-13-6-2-5-12(17)8-13/h1-9H,(H,19,21)(H,20,22)/b18-9-. The van der Waals surface area contributed by atoms with E-state index in [-0.39, 0.29) is 0 Å². The van der Waals surface area contributed by atoms with Gasteiger partial charge in [-0.05, 0) is 35.9 Å². The highest BCUT2D eigenvalue weighted by Crippen LogP contribution is 2.15. The highest BCUT2D eigenvalue weighted by Gasteiger charge is 2.12. The van der Waals surface area contributed by atoms with E-state index in [0.717, 1.165) is 14.5 Å². The lowest BCUT2D eigenvalue weighted by Crippen LogP contribution is -2.32. The fourth-order valence-electron chi connectivity index (χ4n) is 1.56. The molecule has 0 unspecified atom stereocenters. The Kier molecular flexibility index (Phi) is 5.85. The van der Waals surface area contributed by atoms with E-state index in [1.54, 1.807) is 18.2 Å². The van der Waals surface area contributed by atoms with Crippen molar-refractivity contribution in [2.24, 2.45) is 5.10 Å². The van der Waals surface area contributed by atoms with E-state index in [2.05, 4.69) is 47.7 Å². The number of nitrogens with zero attached hydrogens (tertiary/aromatic N) is 1. The van der Waals surface area contributed by atoms with Gasteiger partial charge < -0.3 is 5.32 Å². The number of hydrogen-bond donors (Lipinski definition) is 2. The smallest absolute Gasteiger partial charge is 0.318 e. The quantitative estimate of drug-likeness (QED) is 0.450. The van der Waals surface area contributed by atoms with Crippen LogP contribution < -0.4 is 10.7 Å². The van der Waals surface area contributed by atoms with Gasteiger partial charge in [0.2, 0.25) is 0 Å². The molecule has 0 saturated heterocycles. The number of amides is 2. The first-order valence-corrected chi connectivity index (χ1v) is 7.79. The van der Waals surface area contributed by atoms with Crippen molar-refractivity contribution in [2.45, 2.75) is 0 Å². The van der Waals surface area contributed by atoms with Crippen LogP contribution in [-0.4, -0.2) is 18.0 Å². The number of carbonyl (C=O) groups excluding carboxylic acids is 2. The lowest BCUT2D eigenvalue weighted by Gasteiger charge is -2.04. The maximum atomic E-state index is 11.7. The van der Waals surface area contributed by atoms with E-state index in [0.29, 0.717) is 5.69 Å². The Bertz CT molecular complexity index is 732. The highest BCUT2D eigenvalue weighted by atomic mass is 79.9. The molecule has 0 saturated carbocycles. The zero-order valence-corrected chi connectivity index (χ0v) is 14.4. The summed E-state index contributed by atoms with van der Waals surface area (Å²) < 4.78 is 1.70. The first-order valence-electron chi connectivity index (χ1n) is 6.20. The third-order valence-electron chi connectivity index (χ3n) is 2.52. The molecule has 112 valence electrons. The summed E-state index contributed by atoms with van der Waals surface area (Å²) in [6.07, 6.45) is 1.45. The van der Waals surface area contributed by atoms with Crippen LogP contribution in [0.5, 0.6) is 0 Å². The Morgan fingerprint density at radius 3 is 2.32 bits per heavy atom. The summed E-state index contributed by atoms with van der Waals surface area (Å²) >= 11 is 6.62. The Hall–Kier alpha value is -1.99. The molecule has 0 fully saturated rings. The molecule has 0 aliphatic carbocycles. The molecule has 2 aromatic carbocycles. The van der Waals surface area contributed by atoms with Crippen LogP contribution in [0.4, 0.5) is 5.69 Å². The molecule has 22 heavy (non-hydrogen) atoms. The van der Waals surface area contributed by atoms with E-state index in [1.807, 2.05) is 30.3 Å². The van der Waals surface area contributed by atoms with Gasteiger partial charge in [-0.15, -0.1) is 0 Å². The van der Waals surface area contributed by atoms with Crippen molar-refractivity contribution < 1.29 is 9.59 Å². The van der Waals surface area contributed by atoms with E-state index in [1.165, 1.54) is 6.21 Å². The highest BCUT2D eigenvalue weighted by molar-refractivity contribution is 9.10. The molecule has 2 amide bonds. The number of nitrogens with one attached hydrogen (secondary N) is 2. The van der Waals surface area contributed by atoms with Crippen LogP contribution >= 0.6 is 31.9 Å². The van der Waals surface area contributed by atoms with Gasteiger partial charge in [0.1, 0.15) is 0 Å². The average Bonchev–Trinajstić information content (AvgIpc) is 2.47. The van der Waals surface area contributed by atoms with E-state index >= 15 is 0 Å². The molecule has 5 nitrogen and oxygen atoms in total. The fourth-order valence-corrected chi connectivity index (χ4v) is 2.37. The number of carbonyl (C=O) groups is 2. The Morgan fingerprint density at radius 1 is 0.955 bits per heavy atom. The predicted octanol–water partition coefficient (Wildman–Crippen LogP) is 3.30. The minimum absolute atomic E-state index is 0.519. The topological polar surface area (TPSA) is 70.6 Å². The van der Waals surface area contributed by atoms with Gasteiger partial charge in [0, 0.05) is 14.6 Å². The van der Waals surface area contributed by atoms with Crippen molar-refractivity contribution in [3.8, 4) is 0 Å². The van der Waals surface area contributed by atoms with Crippen LogP contribution in [0.1, 0.15) is 5.56 Å². The van der Waals surface area contributed by atoms with Gasteiger partial charge in [0.15, 0.2) is 0 Å². The molecule has 0 radical (unpaired) electrons. The zero-order valence-electron chi connectivity index (χ0n) is 11.2. The summed E-state index contributed by atoms with van der Waals surface area (Å²) in [6.45, 7) is 0. The third-order valence-corrected chi connectivity index (χ3v) is 3.50. The van der Waals surface area contributed by atoms with Gasteiger partial charge in [-0.3, -0.25) is 9.59 Å². The minimum Gasteiger partial charge on any atom is -0.318 e. The van der Waals surface area contributed by atoms with Crippen molar-refractivity contribution in [1.82, 2.24) is 5.43 Å². The molecular weight excluding hydrogens is 414 g/mol. The van der Waals surface area contributed by atoms with Crippen molar-refractivity contribution in [3.63, 3.8) is 0 Å². The zero-order chi connectivity index (χ0) is 15.9. The van der Waals surface area contributed by atoms with Crippen LogP contribution in [0.15, 0.2) is 62.6 Å². The predicted molar refractivity (Wildman–Crippen MR) is 92.7 cm³/mol. The van der Waals surface area contributed by atoms with Gasteiger partial charge >= 0.3 is 11.8 Å². The molecule has 0 aliphatic heterocycles. The summed E-state index contributed by atoms with van der Waals surface area (Å²) in [7, 11) is 0. The summed E-state index contributed by atoms with van der Waals surface area (Å²) in [4.78, 5) is 23.3. The molecule has 0 bridgehead atoms. The molecule has 0 aromatic heterocycles. The van der Waals surface area contributed by atoms with Crippen LogP contribution in [0.2, 0.25) is 0 Å². The number of hydrazone groups is 1. The SMILES string of the molecule is O=C(N/N=C\c1cccc(Br)c1)C(=O)Nc1cccc(Br)c1. The molecule has 0 spiro atoms. The van der Waals surface area contributed by atoms with Crippen molar-refractivity contribution >= 4 is 55.6 Å². The first-order chi connectivity index (χ1) is 10.5.